The zero-order valence-electron chi connectivity index (χ0n) is 14.4. The van der Waals surface area contributed by atoms with Gasteiger partial charge in [-0.2, -0.15) is 0 Å². The van der Waals surface area contributed by atoms with Crippen LogP contribution >= 0.6 is 0 Å². The summed E-state index contributed by atoms with van der Waals surface area (Å²) in [5, 5.41) is 2.82. The van der Waals surface area contributed by atoms with Crippen LogP contribution in [0.2, 0.25) is 0 Å². The van der Waals surface area contributed by atoms with Gasteiger partial charge in [-0.15, -0.1) is 0 Å². The molecule has 0 aromatic heterocycles. The van der Waals surface area contributed by atoms with Crippen LogP contribution in [-0.2, 0) is 0 Å². The Morgan fingerprint density at radius 2 is 2.00 bits per heavy atom. The van der Waals surface area contributed by atoms with Crippen molar-refractivity contribution in [3.63, 3.8) is 0 Å². The van der Waals surface area contributed by atoms with Crippen LogP contribution < -0.4 is 5.32 Å². The Morgan fingerprint density at radius 1 is 1.26 bits per heavy atom. The summed E-state index contributed by atoms with van der Waals surface area (Å²) in [4.78, 5) is 11.8. The summed E-state index contributed by atoms with van der Waals surface area (Å²) in [6, 6.07) is 7.79. The third-order valence-corrected chi connectivity index (χ3v) is 5.71. The Balaban J connectivity index is 1.69. The molecule has 2 fully saturated rings. The summed E-state index contributed by atoms with van der Waals surface area (Å²) in [5.74, 6) is 1.68. The first-order valence-electron chi connectivity index (χ1n) is 8.79. The van der Waals surface area contributed by atoms with E-state index in [4.69, 9.17) is 0 Å². The second-order valence-corrected chi connectivity index (χ2v) is 7.39. The molecular formula is C21H27NO. The molecule has 2 nitrogen and oxygen atoms in total. The molecule has 2 heteroatoms. The molecule has 0 aliphatic heterocycles. The second kappa shape index (κ2) is 6.35. The van der Waals surface area contributed by atoms with E-state index in [2.05, 4.69) is 37.4 Å². The number of benzene rings is 1. The van der Waals surface area contributed by atoms with E-state index in [-0.39, 0.29) is 5.91 Å². The quantitative estimate of drug-likeness (QED) is 0.848. The van der Waals surface area contributed by atoms with E-state index in [0.717, 1.165) is 23.0 Å². The van der Waals surface area contributed by atoms with Gasteiger partial charge in [-0.25, -0.2) is 0 Å². The first kappa shape index (κ1) is 16.0. The highest BCUT2D eigenvalue weighted by Gasteiger charge is 2.48. The van der Waals surface area contributed by atoms with Gasteiger partial charge in [-0.1, -0.05) is 49.8 Å². The van der Waals surface area contributed by atoms with Crippen LogP contribution in [0.1, 0.15) is 56.0 Å². The first-order chi connectivity index (χ1) is 11.0. The van der Waals surface area contributed by atoms with Crippen LogP contribution in [0.3, 0.4) is 0 Å². The van der Waals surface area contributed by atoms with E-state index in [0.29, 0.717) is 12.0 Å². The van der Waals surface area contributed by atoms with Crippen molar-refractivity contribution in [3.8, 4) is 0 Å². The van der Waals surface area contributed by atoms with Gasteiger partial charge in [0.15, 0.2) is 0 Å². The summed E-state index contributed by atoms with van der Waals surface area (Å²) in [5.41, 5.74) is 3.85. The van der Waals surface area contributed by atoms with Gasteiger partial charge in [0.05, 0.1) is 0 Å². The maximum atomic E-state index is 11.8. The molecule has 1 aromatic carbocycles. The van der Waals surface area contributed by atoms with Crippen LogP contribution in [0, 0.1) is 17.3 Å². The van der Waals surface area contributed by atoms with Gasteiger partial charge in [0, 0.05) is 12.1 Å². The van der Waals surface area contributed by atoms with Gasteiger partial charge in [0.25, 0.3) is 5.91 Å². The fraction of sp³-hybridized carbons (Fsp3) is 0.476. The molecule has 2 aliphatic carbocycles. The van der Waals surface area contributed by atoms with Crippen LogP contribution in [0.25, 0.3) is 6.08 Å². The molecule has 1 N–H and O–H groups in total. The molecule has 3 rings (SSSR count). The fourth-order valence-corrected chi connectivity index (χ4v) is 4.30. The third-order valence-electron chi connectivity index (χ3n) is 5.71. The minimum atomic E-state index is -0.00567. The standard InChI is InChI=1S/C21H27NO/c1-4-22-20(23)16-10-8-15(9-11-16)6-5-7-19-17-12-13-18(14-17)21(19,2)3/h5-11,17-18H,4,12-14H2,1-3H3,(H,22,23). The van der Waals surface area contributed by atoms with Gasteiger partial charge in [0.2, 0.25) is 0 Å². The number of hydrogen-bond donors (Lipinski definition) is 1. The molecule has 0 heterocycles. The van der Waals surface area contributed by atoms with Gasteiger partial charge in [-0.05, 0) is 61.1 Å². The first-order valence-corrected chi connectivity index (χ1v) is 8.79. The van der Waals surface area contributed by atoms with E-state index < -0.39 is 0 Å². The van der Waals surface area contributed by atoms with Crippen molar-refractivity contribution in [3.05, 3.63) is 53.1 Å². The molecule has 23 heavy (non-hydrogen) atoms. The average molecular weight is 309 g/mol. The minimum Gasteiger partial charge on any atom is -0.352 e. The molecule has 2 saturated carbocycles. The number of carbonyl (C=O) groups is 1. The van der Waals surface area contributed by atoms with Crippen molar-refractivity contribution in [1.82, 2.24) is 5.32 Å². The molecular weight excluding hydrogens is 282 g/mol. The van der Waals surface area contributed by atoms with E-state index in [1.54, 1.807) is 5.57 Å². The lowest BCUT2D eigenvalue weighted by Crippen LogP contribution is -2.22. The van der Waals surface area contributed by atoms with Crippen LogP contribution in [0.5, 0.6) is 0 Å². The van der Waals surface area contributed by atoms with E-state index in [1.165, 1.54) is 19.3 Å². The maximum absolute atomic E-state index is 11.8. The lowest BCUT2D eigenvalue weighted by Gasteiger charge is -2.32. The summed E-state index contributed by atoms with van der Waals surface area (Å²) >= 11 is 0. The van der Waals surface area contributed by atoms with Crippen molar-refractivity contribution in [1.29, 1.82) is 0 Å². The molecule has 0 spiro atoms. The highest BCUT2D eigenvalue weighted by atomic mass is 16.1. The maximum Gasteiger partial charge on any atom is 0.251 e. The zero-order chi connectivity index (χ0) is 16.4. The number of rotatable bonds is 4. The smallest absolute Gasteiger partial charge is 0.251 e. The molecule has 2 atom stereocenters. The summed E-state index contributed by atoms with van der Waals surface area (Å²) in [6.45, 7) is 7.39. The lowest BCUT2D eigenvalue weighted by molar-refractivity contribution is 0.0956. The van der Waals surface area contributed by atoms with Crippen LogP contribution in [-0.4, -0.2) is 12.5 Å². The topological polar surface area (TPSA) is 29.1 Å². The average Bonchev–Trinajstić information content (AvgIpc) is 3.09. The second-order valence-electron chi connectivity index (χ2n) is 7.39. The molecule has 2 unspecified atom stereocenters. The largest absolute Gasteiger partial charge is 0.352 e. The summed E-state index contributed by atoms with van der Waals surface area (Å²) in [7, 11) is 0. The highest BCUT2D eigenvalue weighted by molar-refractivity contribution is 5.94. The molecule has 0 saturated heterocycles. The van der Waals surface area contributed by atoms with Crippen LogP contribution in [0.4, 0.5) is 0 Å². The SMILES string of the molecule is CCNC(=O)c1ccc(C=CC=C2C3CCC(C3)C2(C)C)cc1. The van der Waals surface area contributed by atoms with Crippen LogP contribution in [0.15, 0.2) is 42.0 Å². The Morgan fingerprint density at radius 3 is 2.61 bits per heavy atom. The molecule has 1 aromatic rings. The normalized spacial score (nSPS) is 27.0. The van der Waals surface area contributed by atoms with Crippen molar-refractivity contribution in [2.75, 3.05) is 6.54 Å². The third kappa shape index (κ3) is 3.12. The Labute approximate surface area is 139 Å². The van der Waals surface area contributed by atoms with Gasteiger partial charge in [0.1, 0.15) is 0 Å². The number of carbonyl (C=O) groups excluding carboxylic acids is 1. The Kier molecular flexibility index (Phi) is 4.43. The van der Waals surface area contributed by atoms with E-state index >= 15 is 0 Å². The minimum absolute atomic E-state index is 0.00567. The van der Waals surface area contributed by atoms with Gasteiger partial charge < -0.3 is 5.32 Å². The highest BCUT2D eigenvalue weighted by Crippen LogP contribution is 2.58. The Bertz CT molecular complexity index is 636. The zero-order valence-corrected chi connectivity index (χ0v) is 14.4. The van der Waals surface area contributed by atoms with Crippen molar-refractivity contribution < 1.29 is 4.79 Å². The van der Waals surface area contributed by atoms with Crippen molar-refractivity contribution >= 4 is 12.0 Å². The van der Waals surface area contributed by atoms with E-state index in [1.807, 2.05) is 31.2 Å². The molecule has 1 amide bonds. The number of amides is 1. The Hall–Kier alpha value is -1.83. The molecule has 0 radical (unpaired) electrons. The molecule has 2 aliphatic rings. The van der Waals surface area contributed by atoms with Crippen molar-refractivity contribution in [2.24, 2.45) is 17.3 Å². The van der Waals surface area contributed by atoms with Gasteiger partial charge in [-0.3, -0.25) is 4.79 Å². The van der Waals surface area contributed by atoms with Gasteiger partial charge >= 0.3 is 0 Å². The predicted molar refractivity (Wildman–Crippen MR) is 96.2 cm³/mol. The molecule has 2 bridgehead atoms. The number of nitrogens with one attached hydrogen (secondary N) is 1. The number of fused-ring (bicyclic) bond motifs is 2. The number of hydrogen-bond acceptors (Lipinski definition) is 1. The molecule has 122 valence electrons. The fourth-order valence-electron chi connectivity index (χ4n) is 4.30. The summed E-state index contributed by atoms with van der Waals surface area (Å²) in [6.07, 6.45) is 10.8. The van der Waals surface area contributed by atoms with Crippen molar-refractivity contribution in [2.45, 2.75) is 40.0 Å². The monoisotopic (exact) mass is 309 g/mol. The number of allylic oxidation sites excluding steroid dienone is 3. The summed E-state index contributed by atoms with van der Waals surface area (Å²) < 4.78 is 0. The lowest BCUT2D eigenvalue weighted by atomic mass is 9.72. The van der Waals surface area contributed by atoms with E-state index in [9.17, 15) is 4.79 Å². The predicted octanol–water partition coefficient (Wildman–Crippen LogP) is 4.83.